The van der Waals surface area contributed by atoms with Gasteiger partial charge in [-0.1, -0.05) is 65.8 Å². The van der Waals surface area contributed by atoms with Gasteiger partial charge in [0.1, 0.15) is 0 Å². The Hall–Kier alpha value is -3.18. The SMILES string of the molecule is CN(C)CCC(c1ccc(Cl)cc1)c1ccccn1.OCCN1CCN(CC/C=C2/c3ccccc3Sc3ccc(C(F)(F)F)cc32)CC1. The van der Waals surface area contributed by atoms with Crippen molar-refractivity contribution in [1.82, 2.24) is 19.7 Å². The molecule has 3 heterocycles. The quantitative estimate of drug-likeness (QED) is 0.157. The summed E-state index contributed by atoms with van der Waals surface area (Å²) in [7, 11) is 4.19. The molecule has 0 radical (unpaired) electrons. The number of halogens is 4. The zero-order valence-electron chi connectivity index (χ0n) is 28.0. The number of alkyl halides is 3. The molecule has 1 fully saturated rings. The van der Waals surface area contributed by atoms with E-state index in [4.69, 9.17) is 16.7 Å². The second-order valence-corrected chi connectivity index (χ2v) is 14.1. The molecule has 1 N–H and O–H groups in total. The average molecular weight is 709 g/mol. The van der Waals surface area contributed by atoms with Crippen molar-refractivity contribution in [3.63, 3.8) is 0 Å². The number of rotatable bonds is 10. The molecule has 49 heavy (non-hydrogen) atoms. The van der Waals surface area contributed by atoms with E-state index in [0.29, 0.717) is 18.0 Å². The second-order valence-electron chi connectivity index (χ2n) is 12.6. The van der Waals surface area contributed by atoms with Crippen LogP contribution in [-0.2, 0) is 6.18 Å². The number of aliphatic hydroxyl groups excluding tert-OH is 1. The van der Waals surface area contributed by atoms with Crippen LogP contribution in [0.5, 0.6) is 0 Å². The lowest BCUT2D eigenvalue weighted by Crippen LogP contribution is -2.47. The predicted molar refractivity (Wildman–Crippen MR) is 194 cm³/mol. The molecule has 2 aliphatic heterocycles. The molecule has 260 valence electrons. The first-order chi connectivity index (χ1) is 23.6. The maximum atomic E-state index is 13.3. The molecule has 1 atom stereocenters. The zero-order chi connectivity index (χ0) is 34.8. The highest BCUT2D eigenvalue weighted by Crippen LogP contribution is 2.47. The van der Waals surface area contributed by atoms with Crippen LogP contribution in [0.15, 0.2) is 107 Å². The Labute approximate surface area is 297 Å². The summed E-state index contributed by atoms with van der Waals surface area (Å²) in [5.74, 6) is 0.320. The minimum absolute atomic E-state index is 0.183. The fourth-order valence-corrected chi connectivity index (χ4v) is 7.40. The van der Waals surface area contributed by atoms with Crippen molar-refractivity contribution in [3.8, 4) is 0 Å². The van der Waals surface area contributed by atoms with Gasteiger partial charge >= 0.3 is 6.18 Å². The van der Waals surface area contributed by atoms with Crippen LogP contribution >= 0.6 is 23.4 Å². The number of β-amino-alcohol motifs (C(OH)–C–C–N with tert-alkyl or cyclic N) is 1. The molecule has 2 aliphatic rings. The third-order valence-corrected chi connectivity index (χ3v) is 10.3. The largest absolute Gasteiger partial charge is 0.416 e. The number of aromatic nitrogens is 1. The number of hydrogen-bond donors (Lipinski definition) is 1. The Morgan fingerprint density at radius 1 is 0.878 bits per heavy atom. The molecule has 0 saturated carbocycles. The topological polar surface area (TPSA) is 42.8 Å². The lowest BCUT2D eigenvalue weighted by Gasteiger charge is -2.34. The summed E-state index contributed by atoms with van der Waals surface area (Å²) in [5.41, 5.74) is 4.34. The van der Waals surface area contributed by atoms with Gasteiger partial charge in [-0.3, -0.25) is 9.88 Å². The van der Waals surface area contributed by atoms with Gasteiger partial charge in [-0.15, -0.1) is 0 Å². The van der Waals surface area contributed by atoms with Crippen LogP contribution in [0, 0.1) is 0 Å². The van der Waals surface area contributed by atoms with Crippen molar-refractivity contribution in [2.24, 2.45) is 0 Å². The van der Waals surface area contributed by atoms with Gasteiger partial charge in [-0.25, -0.2) is 0 Å². The van der Waals surface area contributed by atoms with Crippen LogP contribution in [0.25, 0.3) is 5.57 Å². The molecule has 5 nitrogen and oxygen atoms in total. The van der Waals surface area contributed by atoms with E-state index < -0.39 is 11.7 Å². The fourth-order valence-electron chi connectivity index (χ4n) is 6.19. The van der Waals surface area contributed by atoms with Gasteiger partial charge < -0.3 is 14.9 Å². The highest BCUT2D eigenvalue weighted by Gasteiger charge is 2.32. The molecule has 0 spiro atoms. The Kier molecular flexibility index (Phi) is 13.4. The summed E-state index contributed by atoms with van der Waals surface area (Å²) in [4.78, 5) is 13.3. The Balaban J connectivity index is 0.000000212. The molecule has 4 aromatic rings. The zero-order valence-corrected chi connectivity index (χ0v) is 29.6. The van der Waals surface area contributed by atoms with Crippen LogP contribution in [0.3, 0.4) is 0 Å². The minimum atomic E-state index is -4.35. The summed E-state index contributed by atoms with van der Waals surface area (Å²) in [6.45, 7) is 6.58. The lowest BCUT2D eigenvalue weighted by molar-refractivity contribution is -0.137. The minimum Gasteiger partial charge on any atom is -0.395 e. The van der Waals surface area contributed by atoms with Crippen molar-refractivity contribution < 1.29 is 18.3 Å². The maximum Gasteiger partial charge on any atom is 0.416 e. The van der Waals surface area contributed by atoms with E-state index in [2.05, 4.69) is 58.1 Å². The van der Waals surface area contributed by atoms with Crippen molar-refractivity contribution >= 4 is 28.9 Å². The summed E-state index contributed by atoms with van der Waals surface area (Å²) >= 11 is 7.49. The molecule has 0 aliphatic carbocycles. The number of aliphatic hydroxyl groups is 1. The number of pyridine rings is 1. The third-order valence-electron chi connectivity index (χ3n) is 8.85. The standard InChI is InChI=1S/C23H25F3N2OS.C16H19ClN2/c24-23(25,26)17-7-8-22-20(16-17)18(19-4-1-2-6-21(19)30-22)5-3-9-27-10-12-28(13-11-27)14-15-29;1-19(2)12-10-15(16-5-3-4-11-18-16)13-6-8-14(17)9-7-13/h1-2,4-8,16,29H,3,9-15H2;3-9,11,15H,10,12H2,1-2H3/b18-5-;. The molecular formula is C39H44ClF3N4OS. The van der Waals surface area contributed by atoms with E-state index in [9.17, 15) is 13.2 Å². The number of nitrogens with zero attached hydrogens (tertiary/aromatic N) is 4. The average Bonchev–Trinajstić information content (AvgIpc) is 3.10. The van der Waals surface area contributed by atoms with E-state index in [1.807, 2.05) is 54.7 Å². The van der Waals surface area contributed by atoms with E-state index >= 15 is 0 Å². The molecule has 6 rings (SSSR count). The molecule has 3 aromatic carbocycles. The summed E-state index contributed by atoms with van der Waals surface area (Å²) in [5, 5.41) is 9.84. The Bertz CT molecular complexity index is 1660. The highest BCUT2D eigenvalue weighted by atomic mass is 35.5. The molecule has 0 bridgehead atoms. The summed E-state index contributed by atoms with van der Waals surface area (Å²) in [6.07, 6.45) is 1.43. The van der Waals surface area contributed by atoms with Crippen molar-refractivity contribution in [2.45, 2.75) is 34.7 Å². The van der Waals surface area contributed by atoms with E-state index in [1.165, 1.54) is 29.5 Å². The Morgan fingerprint density at radius 3 is 2.20 bits per heavy atom. The first-order valence-corrected chi connectivity index (χ1v) is 17.9. The summed E-state index contributed by atoms with van der Waals surface area (Å²) in [6, 6.07) is 26.1. The van der Waals surface area contributed by atoms with Crippen LogP contribution in [0.2, 0.25) is 5.02 Å². The van der Waals surface area contributed by atoms with Gasteiger partial charge in [0.15, 0.2) is 0 Å². The molecule has 10 heteroatoms. The first-order valence-electron chi connectivity index (χ1n) is 16.7. The van der Waals surface area contributed by atoms with Crippen LogP contribution < -0.4 is 0 Å². The fraction of sp³-hybridized carbons (Fsp3) is 0.359. The monoisotopic (exact) mass is 708 g/mol. The van der Waals surface area contributed by atoms with Crippen LogP contribution in [0.4, 0.5) is 13.2 Å². The third kappa shape index (κ3) is 10.4. The first kappa shape index (κ1) is 37.1. The molecule has 1 saturated heterocycles. The van der Waals surface area contributed by atoms with E-state index in [0.717, 1.165) is 83.8 Å². The maximum absolute atomic E-state index is 13.3. The molecular weight excluding hydrogens is 665 g/mol. The number of piperazine rings is 1. The Morgan fingerprint density at radius 2 is 1.55 bits per heavy atom. The molecule has 1 unspecified atom stereocenters. The molecule has 0 amide bonds. The number of benzene rings is 3. The van der Waals surface area contributed by atoms with Gasteiger partial charge in [0.2, 0.25) is 0 Å². The van der Waals surface area contributed by atoms with Gasteiger partial charge in [-0.05, 0) is 104 Å². The van der Waals surface area contributed by atoms with Gasteiger partial charge in [0, 0.05) is 71.9 Å². The normalized spacial score (nSPS) is 16.5. The van der Waals surface area contributed by atoms with E-state index in [1.54, 1.807) is 6.07 Å². The van der Waals surface area contributed by atoms with Crippen molar-refractivity contribution in [1.29, 1.82) is 0 Å². The predicted octanol–water partition coefficient (Wildman–Crippen LogP) is 8.42. The smallest absolute Gasteiger partial charge is 0.395 e. The van der Waals surface area contributed by atoms with E-state index in [-0.39, 0.29) is 6.61 Å². The van der Waals surface area contributed by atoms with Crippen molar-refractivity contribution in [2.75, 3.05) is 66.5 Å². The number of fused-ring (bicyclic) bond motifs is 2. The van der Waals surface area contributed by atoms with Gasteiger partial charge in [0.05, 0.1) is 12.2 Å². The number of hydrogen-bond acceptors (Lipinski definition) is 6. The summed E-state index contributed by atoms with van der Waals surface area (Å²) < 4.78 is 39.9. The van der Waals surface area contributed by atoms with Gasteiger partial charge in [-0.2, -0.15) is 13.2 Å². The van der Waals surface area contributed by atoms with Crippen LogP contribution in [0.1, 0.15) is 46.7 Å². The lowest BCUT2D eigenvalue weighted by atomic mass is 9.92. The highest BCUT2D eigenvalue weighted by molar-refractivity contribution is 7.99. The van der Waals surface area contributed by atoms with Crippen molar-refractivity contribution in [3.05, 3.63) is 130 Å². The molecule has 1 aromatic heterocycles. The van der Waals surface area contributed by atoms with Crippen LogP contribution in [-0.4, -0.2) is 91.3 Å². The van der Waals surface area contributed by atoms with Gasteiger partial charge in [0.25, 0.3) is 0 Å². The second kappa shape index (κ2) is 17.7.